The molecule has 1 N–H and O–H groups in total. The molecule has 2 aliphatic rings. The number of nitrogens with zero attached hydrogens (tertiary/aromatic N) is 1. The molecule has 0 radical (unpaired) electrons. The van der Waals surface area contributed by atoms with Gasteiger partial charge in [-0.15, -0.1) is 12.4 Å². The first-order valence-corrected chi connectivity index (χ1v) is 6.64. The number of amides is 1. The maximum absolute atomic E-state index is 12.5. The number of carbonyl (C=O) groups is 1. The second-order valence-corrected chi connectivity index (χ2v) is 5.66. The Morgan fingerprint density at radius 2 is 1.82 bits per heavy atom. The van der Waals surface area contributed by atoms with Gasteiger partial charge in [0.05, 0.1) is 0 Å². The molecule has 2 fully saturated rings. The molecule has 0 spiro atoms. The Morgan fingerprint density at radius 1 is 1.18 bits per heavy atom. The van der Waals surface area contributed by atoms with Gasteiger partial charge in [0, 0.05) is 24.5 Å². The molecular formula is C13H25ClN2O. The molecule has 3 atom stereocenters. The van der Waals surface area contributed by atoms with Crippen LogP contribution in [0.4, 0.5) is 0 Å². The van der Waals surface area contributed by atoms with Crippen molar-refractivity contribution >= 4 is 18.3 Å². The van der Waals surface area contributed by atoms with Crippen molar-refractivity contribution in [3.05, 3.63) is 0 Å². The van der Waals surface area contributed by atoms with Crippen LogP contribution < -0.4 is 5.32 Å². The lowest BCUT2D eigenvalue weighted by molar-refractivity contribution is -0.139. The molecule has 0 aromatic carbocycles. The molecule has 0 aliphatic carbocycles. The van der Waals surface area contributed by atoms with E-state index < -0.39 is 0 Å². The summed E-state index contributed by atoms with van der Waals surface area (Å²) >= 11 is 0. The molecule has 3 unspecified atom stereocenters. The molecule has 2 bridgehead atoms. The van der Waals surface area contributed by atoms with Gasteiger partial charge in [-0.2, -0.15) is 0 Å². The topological polar surface area (TPSA) is 32.3 Å². The van der Waals surface area contributed by atoms with Gasteiger partial charge in [-0.25, -0.2) is 0 Å². The number of rotatable bonds is 2. The number of carbonyl (C=O) groups excluding carboxylic acids is 1. The Labute approximate surface area is 111 Å². The van der Waals surface area contributed by atoms with Gasteiger partial charge in [0.25, 0.3) is 0 Å². The van der Waals surface area contributed by atoms with Crippen LogP contribution in [0.3, 0.4) is 0 Å². The fraction of sp³-hybridized carbons (Fsp3) is 0.923. The first kappa shape index (κ1) is 14.8. The van der Waals surface area contributed by atoms with E-state index in [9.17, 15) is 4.79 Å². The second kappa shape index (κ2) is 6.05. The minimum absolute atomic E-state index is 0. The van der Waals surface area contributed by atoms with E-state index in [1.165, 1.54) is 12.8 Å². The van der Waals surface area contributed by atoms with Crippen molar-refractivity contribution < 1.29 is 4.79 Å². The van der Waals surface area contributed by atoms with E-state index in [1.807, 2.05) is 0 Å². The Morgan fingerprint density at radius 3 is 2.47 bits per heavy atom. The van der Waals surface area contributed by atoms with Gasteiger partial charge in [-0.1, -0.05) is 20.8 Å². The predicted molar refractivity (Wildman–Crippen MR) is 72.4 cm³/mol. The summed E-state index contributed by atoms with van der Waals surface area (Å²) < 4.78 is 0. The minimum Gasteiger partial charge on any atom is -0.335 e. The summed E-state index contributed by atoms with van der Waals surface area (Å²) in [5, 5.41) is 3.44. The molecule has 3 nitrogen and oxygen atoms in total. The molecule has 2 aliphatic heterocycles. The van der Waals surface area contributed by atoms with Gasteiger partial charge >= 0.3 is 0 Å². The van der Waals surface area contributed by atoms with E-state index in [0.717, 1.165) is 19.5 Å². The van der Waals surface area contributed by atoms with Crippen molar-refractivity contribution in [2.24, 2.45) is 11.8 Å². The van der Waals surface area contributed by atoms with Crippen molar-refractivity contribution in [1.82, 2.24) is 10.2 Å². The summed E-state index contributed by atoms with van der Waals surface area (Å²) in [4.78, 5) is 14.7. The quantitative estimate of drug-likeness (QED) is 0.824. The minimum atomic E-state index is 0. The predicted octanol–water partition coefficient (Wildman–Crippen LogP) is 2.05. The van der Waals surface area contributed by atoms with Gasteiger partial charge in [0.1, 0.15) is 0 Å². The van der Waals surface area contributed by atoms with Crippen molar-refractivity contribution in [1.29, 1.82) is 0 Å². The third-order valence-corrected chi connectivity index (χ3v) is 4.30. The molecule has 17 heavy (non-hydrogen) atoms. The van der Waals surface area contributed by atoms with Crippen molar-refractivity contribution in [2.75, 3.05) is 13.1 Å². The highest BCUT2D eigenvalue weighted by Crippen LogP contribution is 2.30. The number of hydrogen-bond donors (Lipinski definition) is 1. The molecule has 2 heterocycles. The number of hydrogen-bond acceptors (Lipinski definition) is 2. The average Bonchev–Trinajstić information content (AvgIpc) is 2.50. The molecule has 0 aromatic rings. The highest BCUT2D eigenvalue weighted by molar-refractivity contribution is 5.85. The van der Waals surface area contributed by atoms with Crippen molar-refractivity contribution in [3.8, 4) is 0 Å². The van der Waals surface area contributed by atoms with Crippen LogP contribution in [0.1, 0.15) is 40.0 Å². The highest BCUT2D eigenvalue weighted by Gasteiger charge is 2.39. The van der Waals surface area contributed by atoms with E-state index in [0.29, 0.717) is 23.9 Å². The van der Waals surface area contributed by atoms with Crippen molar-refractivity contribution in [3.63, 3.8) is 0 Å². The van der Waals surface area contributed by atoms with Crippen molar-refractivity contribution in [2.45, 2.75) is 52.1 Å². The summed E-state index contributed by atoms with van der Waals surface area (Å²) in [6.07, 6.45) is 3.53. The van der Waals surface area contributed by atoms with Crippen LogP contribution in [0, 0.1) is 11.8 Å². The maximum Gasteiger partial charge on any atom is 0.226 e. The van der Waals surface area contributed by atoms with Gasteiger partial charge < -0.3 is 10.2 Å². The van der Waals surface area contributed by atoms with Crippen LogP contribution in [0.15, 0.2) is 0 Å². The van der Waals surface area contributed by atoms with E-state index in [1.54, 1.807) is 0 Å². The van der Waals surface area contributed by atoms with Crippen LogP contribution in [0.2, 0.25) is 0 Å². The lowest BCUT2D eigenvalue weighted by Gasteiger charge is -2.31. The van der Waals surface area contributed by atoms with Gasteiger partial charge in [0.2, 0.25) is 5.91 Å². The second-order valence-electron chi connectivity index (χ2n) is 5.66. The normalized spacial score (nSPS) is 29.8. The number of fused-ring (bicyclic) bond motifs is 2. The van der Waals surface area contributed by atoms with Crippen LogP contribution in [0.5, 0.6) is 0 Å². The standard InChI is InChI=1S/C13H24N2O.ClH/c1-9(2)10(3)13(16)15-11-4-5-12(15)8-14-7-6-11;/h9-12,14H,4-8H2,1-3H3;1H. The molecule has 0 aromatic heterocycles. The van der Waals surface area contributed by atoms with Crippen LogP contribution >= 0.6 is 12.4 Å². The van der Waals surface area contributed by atoms with E-state index in [-0.39, 0.29) is 18.3 Å². The van der Waals surface area contributed by atoms with Gasteiger partial charge in [0.15, 0.2) is 0 Å². The SMILES string of the molecule is CC(C)C(C)C(=O)N1C2CCNCC1CC2.Cl. The zero-order chi connectivity index (χ0) is 11.7. The fourth-order valence-electron chi connectivity index (χ4n) is 2.86. The largest absolute Gasteiger partial charge is 0.335 e. The summed E-state index contributed by atoms with van der Waals surface area (Å²) in [6.45, 7) is 8.42. The molecule has 0 saturated carbocycles. The Bertz CT molecular complexity index is 256. The summed E-state index contributed by atoms with van der Waals surface area (Å²) in [7, 11) is 0. The highest BCUT2D eigenvalue weighted by atomic mass is 35.5. The third kappa shape index (κ3) is 2.94. The first-order chi connectivity index (χ1) is 7.61. The molecule has 2 saturated heterocycles. The monoisotopic (exact) mass is 260 g/mol. The summed E-state index contributed by atoms with van der Waals surface area (Å²) in [5.74, 6) is 0.996. The molecule has 2 rings (SSSR count). The summed E-state index contributed by atoms with van der Waals surface area (Å²) in [5.41, 5.74) is 0. The Kier molecular flexibility index (Phi) is 5.26. The average molecular weight is 261 g/mol. The lowest BCUT2D eigenvalue weighted by atomic mass is 9.96. The number of nitrogens with one attached hydrogen (secondary N) is 1. The van der Waals surface area contributed by atoms with Crippen LogP contribution in [-0.4, -0.2) is 36.0 Å². The van der Waals surface area contributed by atoms with E-state index in [2.05, 4.69) is 31.0 Å². The van der Waals surface area contributed by atoms with E-state index >= 15 is 0 Å². The lowest BCUT2D eigenvalue weighted by Crippen LogP contribution is -2.45. The molecule has 4 heteroatoms. The smallest absolute Gasteiger partial charge is 0.226 e. The molecule has 100 valence electrons. The zero-order valence-corrected chi connectivity index (χ0v) is 11.9. The number of halogens is 1. The van der Waals surface area contributed by atoms with Gasteiger partial charge in [-0.05, 0) is 31.7 Å². The Balaban J connectivity index is 0.00000144. The van der Waals surface area contributed by atoms with E-state index in [4.69, 9.17) is 0 Å². The summed E-state index contributed by atoms with van der Waals surface area (Å²) in [6, 6.07) is 0.967. The van der Waals surface area contributed by atoms with Crippen LogP contribution in [0.25, 0.3) is 0 Å². The van der Waals surface area contributed by atoms with Crippen LogP contribution in [-0.2, 0) is 4.79 Å². The Hall–Kier alpha value is -0.280. The maximum atomic E-state index is 12.5. The fourth-order valence-corrected chi connectivity index (χ4v) is 2.86. The molecule has 1 amide bonds. The molecular weight excluding hydrogens is 236 g/mol. The van der Waals surface area contributed by atoms with Gasteiger partial charge in [-0.3, -0.25) is 4.79 Å². The first-order valence-electron chi connectivity index (χ1n) is 6.64. The zero-order valence-electron chi connectivity index (χ0n) is 11.1. The third-order valence-electron chi connectivity index (χ3n) is 4.30.